The maximum atomic E-state index is 13.5. The molecule has 3 aromatic rings. The standard InChI is InChI=1S/C29H29F3N2O5/c1-17-11-19-13-20(12-17)15-21(14-19)25(28(36)37)33-27(35)23-8-10-34-9-2-3-24(34)26(23)38-16-18-4-6-22(7-5-18)39-29(30,31)32/h2-10,14,17,20-21,25H,11-13,15-16H2,1H3,(H,33,35)(H,36,37). The molecule has 0 aliphatic heterocycles. The summed E-state index contributed by atoms with van der Waals surface area (Å²) in [5, 5.41) is 12.8. The fraction of sp³-hybridized carbons (Fsp3) is 0.379. The maximum Gasteiger partial charge on any atom is 0.573 e. The van der Waals surface area contributed by atoms with E-state index < -0.39 is 24.3 Å². The number of benzene rings is 1. The molecular weight excluding hydrogens is 513 g/mol. The summed E-state index contributed by atoms with van der Waals surface area (Å²) in [5.74, 6) is -1.07. The van der Waals surface area contributed by atoms with E-state index in [0.29, 0.717) is 29.3 Å². The molecule has 1 aromatic carbocycles. The van der Waals surface area contributed by atoms with Crippen LogP contribution in [0.4, 0.5) is 13.2 Å². The quantitative estimate of drug-likeness (QED) is 0.342. The van der Waals surface area contributed by atoms with Crippen molar-refractivity contribution in [2.75, 3.05) is 0 Å². The normalized spacial score (nSPS) is 21.6. The number of carboxylic acids is 1. The van der Waals surface area contributed by atoms with Crippen LogP contribution in [0, 0.1) is 17.8 Å². The number of allylic oxidation sites excluding steroid dienone is 1. The molecule has 2 bridgehead atoms. The van der Waals surface area contributed by atoms with E-state index in [4.69, 9.17) is 4.74 Å². The molecule has 1 amide bonds. The number of alkyl halides is 3. The van der Waals surface area contributed by atoms with Crippen LogP contribution in [0.5, 0.6) is 11.5 Å². The molecular formula is C29H29F3N2O5. The van der Waals surface area contributed by atoms with Gasteiger partial charge in [0, 0.05) is 18.3 Å². The third-order valence-corrected chi connectivity index (χ3v) is 7.38. The predicted molar refractivity (Wildman–Crippen MR) is 136 cm³/mol. The van der Waals surface area contributed by atoms with E-state index >= 15 is 0 Å². The van der Waals surface area contributed by atoms with Gasteiger partial charge in [-0.1, -0.05) is 30.7 Å². The molecule has 2 N–H and O–H groups in total. The second-order valence-corrected chi connectivity index (χ2v) is 10.5. The minimum absolute atomic E-state index is 0.0334. The third-order valence-electron chi connectivity index (χ3n) is 7.38. The first-order valence-electron chi connectivity index (χ1n) is 12.9. The average molecular weight is 543 g/mol. The van der Waals surface area contributed by atoms with Crippen LogP contribution in [0.1, 0.15) is 48.5 Å². The van der Waals surface area contributed by atoms with Gasteiger partial charge in [0.1, 0.15) is 18.4 Å². The number of aliphatic carboxylic acids is 1. The number of pyridine rings is 1. The van der Waals surface area contributed by atoms with Crippen LogP contribution in [-0.2, 0) is 11.4 Å². The minimum atomic E-state index is -4.79. The van der Waals surface area contributed by atoms with Gasteiger partial charge in [0.05, 0.1) is 11.1 Å². The molecule has 5 rings (SSSR count). The lowest BCUT2D eigenvalue weighted by Gasteiger charge is -2.37. The molecule has 206 valence electrons. The predicted octanol–water partition coefficient (Wildman–Crippen LogP) is 5.98. The fourth-order valence-corrected chi connectivity index (χ4v) is 5.87. The second-order valence-electron chi connectivity index (χ2n) is 10.5. The largest absolute Gasteiger partial charge is 0.573 e. The van der Waals surface area contributed by atoms with Gasteiger partial charge in [-0.2, -0.15) is 0 Å². The Morgan fingerprint density at radius 1 is 1.10 bits per heavy atom. The zero-order valence-corrected chi connectivity index (χ0v) is 21.3. The lowest BCUT2D eigenvalue weighted by Crippen LogP contribution is -2.47. The Morgan fingerprint density at radius 2 is 1.87 bits per heavy atom. The lowest BCUT2D eigenvalue weighted by atomic mass is 9.69. The van der Waals surface area contributed by atoms with Crippen LogP contribution < -0.4 is 14.8 Å². The number of fused-ring (bicyclic) bond motifs is 3. The zero-order valence-electron chi connectivity index (χ0n) is 21.3. The number of carboxylic acid groups (broad SMARTS) is 1. The number of amides is 1. The molecule has 0 spiro atoms. The Kier molecular flexibility index (Phi) is 7.29. The Balaban J connectivity index is 1.36. The Labute approximate surface area is 223 Å². The molecule has 2 aliphatic carbocycles. The summed E-state index contributed by atoms with van der Waals surface area (Å²) in [6.07, 6.45) is 4.42. The first-order chi connectivity index (χ1) is 18.6. The highest BCUT2D eigenvalue weighted by molar-refractivity contribution is 6.01. The van der Waals surface area contributed by atoms with Crippen molar-refractivity contribution < 1.29 is 37.3 Å². The van der Waals surface area contributed by atoms with Crippen molar-refractivity contribution in [1.29, 1.82) is 0 Å². The summed E-state index contributed by atoms with van der Waals surface area (Å²) in [7, 11) is 0. The molecule has 10 heteroatoms. The molecule has 2 heterocycles. The number of rotatable bonds is 8. The molecule has 1 saturated carbocycles. The molecule has 1 fully saturated rings. The van der Waals surface area contributed by atoms with Gasteiger partial charge in [-0.15, -0.1) is 13.2 Å². The zero-order chi connectivity index (χ0) is 27.7. The van der Waals surface area contributed by atoms with Gasteiger partial charge in [-0.05, 0) is 73.4 Å². The van der Waals surface area contributed by atoms with Gasteiger partial charge in [0.25, 0.3) is 5.91 Å². The van der Waals surface area contributed by atoms with Gasteiger partial charge in [0.2, 0.25) is 0 Å². The number of hydrogen-bond donors (Lipinski definition) is 2. The van der Waals surface area contributed by atoms with Crippen molar-refractivity contribution in [3.05, 3.63) is 77.6 Å². The Hall–Kier alpha value is -3.95. The van der Waals surface area contributed by atoms with Gasteiger partial charge >= 0.3 is 12.3 Å². The van der Waals surface area contributed by atoms with E-state index in [9.17, 15) is 27.9 Å². The number of hydrogen-bond acceptors (Lipinski definition) is 4. The topological polar surface area (TPSA) is 89.3 Å². The number of ether oxygens (including phenoxy) is 2. The smallest absolute Gasteiger partial charge is 0.486 e. The monoisotopic (exact) mass is 542 g/mol. The highest BCUT2D eigenvalue weighted by Gasteiger charge is 2.37. The third kappa shape index (κ3) is 6.21. The highest BCUT2D eigenvalue weighted by Crippen LogP contribution is 2.42. The lowest BCUT2D eigenvalue weighted by molar-refractivity contribution is -0.274. The summed E-state index contributed by atoms with van der Waals surface area (Å²) in [6.45, 7) is 2.18. The molecule has 0 radical (unpaired) electrons. The number of nitrogens with zero attached hydrogens (tertiary/aromatic N) is 1. The molecule has 0 saturated heterocycles. The van der Waals surface area contributed by atoms with Crippen molar-refractivity contribution in [3.8, 4) is 11.5 Å². The minimum Gasteiger partial charge on any atom is -0.486 e. The average Bonchev–Trinajstić information content (AvgIpc) is 3.34. The Morgan fingerprint density at radius 3 is 2.56 bits per heavy atom. The van der Waals surface area contributed by atoms with Crippen LogP contribution in [0.25, 0.3) is 5.52 Å². The molecule has 7 nitrogen and oxygen atoms in total. The van der Waals surface area contributed by atoms with Crippen molar-refractivity contribution >= 4 is 17.4 Å². The van der Waals surface area contributed by atoms with Crippen molar-refractivity contribution in [1.82, 2.24) is 9.72 Å². The molecule has 39 heavy (non-hydrogen) atoms. The van der Waals surface area contributed by atoms with Gasteiger partial charge in [-0.3, -0.25) is 4.79 Å². The van der Waals surface area contributed by atoms with Gasteiger partial charge < -0.3 is 24.3 Å². The second kappa shape index (κ2) is 10.7. The first-order valence-corrected chi connectivity index (χ1v) is 12.9. The summed E-state index contributed by atoms with van der Waals surface area (Å²) >= 11 is 0. The van der Waals surface area contributed by atoms with Gasteiger partial charge in [0.15, 0.2) is 5.75 Å². The molecule has 2 aromatic heterocycles. The first kappa shape index (κ1) is 26.6. The number of aromatic nitrogens is 1. The summed E-state index contributed by atoms with van der Waals surface area (Å²) in [4.78, 5) is 25.7. The van der Waals surface area contributed by atoms with E-state index in [1.807, 2.05) is 6.08 Å². The molecule has 2 aliphatic rings. The van der Waals surface area contributed by atoms with Crippen molar-refractivity contribution in [2.24, 2.45) is 17.8 Å². The summed E-state index contributed by atoms with van der Waals surface area (Å²) in [5.41, 5.74) is 2.58. The maximum absolute atomic E-state index is 13.5. The van der Waals surface area contributed by atoms with Crippen LogP contribution >= 0.6 is 0 Å². The number of halogens is 3. The van der Waals surface area contributed by atoms with Gasteiger partial charge in [-0.25, -0.2) is 4.79 Å². The number of carbonyl (C=O) groups excluding carboxylic acids is 1. The van der Waals surface area contributed by atoms with Crippen molar-refractivity contribution in [2.45, 2.75) is 51.6 Å². The number of carbonyl (C=O) groups is 2. The van der Waals surface area contributed by atoms with Crippen molar-refractivity contribution in [3.63, 3.8) is 0 Å². The van der Waals surface area contributed by atoms with E-state index in [2.05, 4.69) is 17.0 Å². The van der Waals surface area contributed by atoms with Crippen LogP contribution in [0.2, 0.25) is 0 Å². The van der Waals surface area contributed by atoms with Crippen LogP contribution in [0.3, 0.4) is 0 Å². The van der Waals surface area contributed by atoms with Crippen LogP contribution in [0.15, 0.2) is 66.5 Å². The van der Waals surface area contributed by atoms with E-state index in [1.165, 1.54) is 29.8 Å². The molecule has 4 unspecified atom stereocenters. The van der Waals surface area contributed by atoms with E-state index in [-0.39, 0.29) is 29.6 Å². The molecule has 4 atom stereocenters. The number of nitrogens with one attached hydrogen (secondary N) is 1. The SMILES string of the molecule is CC1CC2=CC(C(NC(=O)c3ccn4cccc4c3OCc3ccc(OC(F)(F)F)cc3)C(=O)O)CC(C2)C1. The van der Waals surface area contributed by atoms with Crippen LogP contribution in [-0.4, -0.2) is 33.8 Å². The van der Waals surface area contributed by atoms with E-state index in [0.717, 1.165) is 19.3 Å². The highest BCUT2D eigenvalue weighted by atomic mass is 19.4. The summed E-state index contributed by atoms with van der Waals surface area (Å²) < 4.78 is 49.0. The summed E-state index contributed by atoms with van der Waals surface area (Å²) in [6, 6.07) is 9.26. The van der Waals surface area contributed by atoms with E-state index in [1.54, 1.807) is 35.0 Å². The Bertz CT molecular complexity index is 1400. The fourth-order valence-electron chi connectivity index (χ4n) is 5.87.